The van der Waals surface area contributed by atoms with Gasteiger partial charge in [0.05, 0.1) is 22.0 Å². The van der Waals surface area contributed by atoms with Crippen LogP contribution in [0.5, 0.6) is 0 Å². The number of amides is 1. The number of carbonyl (C=O) groups excluding carboxylic acids is 1. The normalized spacial score (nSPS) is 10.8. The standard InChI is InChI=1S/C19H20BrN5OS/c1-12-15(13(2)23-19(22-12)27-3)8-9-18(26)24-16-6-4-5-7-17(16)25-11-14(20)10-21-25/h4-7,10-11H,8-9H2,1-3H3,(H,24,26). The molecule has 6 nitrogen and oxygen atoms in total. The van der Waals surface area contributed by atoms with Crippen LogP contribution in [0.2, 0.25) is 0 Å². The molecular formula is C19H20BrN5OS. The molecule has 1 amide bonds. The molecule has 0 spiro atoms. The van der Waals surface area contributed by atoms with Crippen molar-refractivity contribution < 1.29 is 4.79 Å². The first-order valence-electron chi connectivity index (χ1n) is 8.45. The molecule has 0 atom stereocenters. The zero-order valence-electron chi connectivity index (χ0n) is 15.4. The van der Waals surface area contributed by atoms with E-state index in [1.54, 1.807) is 10.9 Å². The van der Waals surface area contributed by atoms with Crippen LogP contribution in [0.15, 0.2) is 46.3 Å². The number of para-hydroxylation sites is 2. The van der Waals surface area contributed by atoms with Crippen LogP contribution in [0.1, 0.15) is 23.4 Å². The van der Waals surface area contributed by atoms with E-state index >= 15 is 0 Å². The first kappa shape index (κ1) is 19.6. The van der Waals surface area contributed by atoms with Crippen LogP contribution in [0, 0.1) is 13.8 Å². The Morgan fingerprint density at radius 1 is 1.22 bits per heavy atom. The maximum absolute atomic E-state index is 12.5. The fourth-order valence-electron chi connectivity index (χ4n) is 2.82. The highest BCUT2D eigenvalue weighted by atomic mass is 79.9. The van der Waals surface area contributed by atoms with Gasteiger partial charge in [-0.05, 0) is 60.2 Å². The van der Waals surface area contributed by atoms with Crippen LogP contribution in [-0.4, -0.2) is 31.9 Å². The van der Waals surface area contributed by atoms with Gasteiger partial charge in [0.2, 0.25) is 5.91 Å². The summed E-state index contributed by atoms with van der Waals surface area (Å²) in [5.74, 6) is -0.0542. The molecule has 0 aliphatic carbocycles. The SMILES string of the molecule is CSc1nc(C)c(CCC(=O)Nc2ccccc2-n2cc(Br)cn2)c(C)n1. The van der Waals surface area contributed by atoms with Gasteiger partial charge in [0.15, 0.2) is 5.16 Å². The smallest absolute Gasteiger partial charge is 0.224 e. The van der Waals surface area contributed by atoms with E-state index in [4.69, 9.17) is 0 Å². The van der Waals surface area contributed by atoms with Crippen LogP contribution in [0.25, 0.3) is 5.69 Å². The zero-order chi connectivity index (χ0) is 19.4. The van der Waals surface area contributed by atoms with Gasteiger partial charge in [-0.15, -0.1) is 0 Å². The number of nitrogens with one attached hydrogen (secondary N) is 1. The first-order valence-corrected chi connectivity index (χ1v) is 10.5. The van der Waals surface area contributed by atoms with Crippen molar-refractivity contribution in [3.05, 3.63) is 58.1 Å². The third-order valence-corrected chi connectivity index (χ3v) is 5.12. The average molecular weight is 446 g/mol. The number of rotatable bonds is 6. The molecule has 27 heavy (non-hydrogen) atoms. The van der Waals surface area contributed by atoms with E-state index in [1.807, 2.05) is 50.6 Å². The summed E-state index contributed by atoms with van der Waals surface area (Å²) in [6.45, 7) is 3.93. The third kappa shape index (κ3) is 4.75. The highest BCUT2D eigenvalue weighted by molar-refractivity contribution is 9.10. The van der Waals surface area contributed by atoms with Crippen LogP contribution >= 0.6 is 27.7 Å². The Morgan fingerprint density at radius 2 is 1.93 bits per heavy atom. The predicted octanol–water partition coefficient (Wildman–Crippen LogP) is 4.33. The Bertz CT molecular complexity index is 949. The first-order chi connectivity index (χ1) is 13.0. The molecule has 0 fully saturated rings. The molecule has 0 bridgehead atoms. The van der Waals surface area contributed by atoms with Gasteiger partial charge in [-0.2, -0.15) is 5.10 Å². The lowest BCUT2D eigenvalue weighted by Crippen LogP contribution is -2.15. The van der Waals surface area contributed by atoms with Crippen molar-refractivity contribution >= 4 is 39.3 Å². The number of carbonyl (C=O) groups is 1. The Labute approximate surface area is 170 Å². The van der Waals surface area contributed by atoms with Crippen molar-refractivity contribution in [2.24, 2.45) is 0 Å². The molecule has 1 aromatic carbocycles. The average Bonchev–Trinajstić information content (AvgIpc) is 3.07. The van der Waals surface area contributed by atoms with Crippen LogP contribution < -0.4 is 5.32 Å². The second-order valence-electron chi connectivity index (χ2n) is 6.03. The number of halogens is 1. The van der Waals surface area contributed by atoms with Gasteiger partial charge in [0.1, 0.15) is 0 Å². The number of hydrogen-bond acceptors (Lipinski definition) is 5. The van der Waals surface area contributed by atoms with E-state index in [-0.39, 0.29) is 5.91 Å². The van der Waals surface area contributed by atoms with Crippen molar-refractivity contribution in [2.45, 2.75) is 31.8 Å². The maximum Gasteiger partial charge on any atom is 0.224 e. The Kier molecular flexibility index (Phi) is 6.28. The minimum absolute atomic E-state index is 0.0542. The van der Waals surface area contributed by atoms with E-state index in [0.29, 0.717) is 12.8 Å². The van der Waals surface area contributed by atoms with Crippen LogP contribution in [0.4, 0.5) is 5.69 Å². The zero-order valence-corrected chi connectivity index (χ0v) is 17.8. The molecule has 0 unspecified atom stereocenters. The summed E-state index contributed by atoms with van der Waals surface area (Å²) >= 11 is 4.92. The minimum Gasteiger partial charge on any atom is -0.324 e. The van der Waals surface area contributed by atoms with Gasteiger partial charge in [-0.3, -0.25) is 4.79 Å². The largest absolute Gasteiger partial charge is 0.324 e. The molecular weight excluding hydrogens is 426 g/mol. The van der Waals surface area contributed by atoms with E-state index in [9.17, 15) is 4.79 Å². The number of aryl methyl sites for hydroxylation is 2. The summed E-state index contributed by atoms with van der Waals surface area (Å²) in [6, 6.07) is 7.59. The van der Waals surface area contributed by atoms with Gasteiger partial charge >= 0.3 is 0 Å². The molecule has 8 heteroatoms. The third-order valence-electron chi connectivity index (χ3n) is 4.16. The van der Waals surface area contributed by atoms with Crippen molar-refractivity contribution in [1.29, 1.82) is 0 Å². The monoisotopic (exact) mass is 445 g/mol. The molecule has 2 heterocycles. The molecule has 0 saturated heterocycles. The second-order valence-corrected chi connectivity index (χ2v) is 7.72. The summed E-state index contributed by atoms with van der Waals surface area (Å²) in [7, 11) is 0. The molecule has 0 aliphatic rings. The number of thioether (sulfide) groups is 1. The van der Waals surface area contributed by atoms with Crippen molar-refractivity contribution in [1.82, 2.24) is 19.7 Å². The van der Waals surface area contributed by atoms with Gasteiger partial charge < -0.3 is 5.32 Å². The molecule has 0 radical (unpaired) electrons. The van der Waals surface area contributed by atoms with Crippen molar-refractivity contribution in [3.8, 4) is 5.69 Å². The molecule has 0 aliphatic heterocycles. The summed E-state index contributed by atoms with van der Waals surface area (Å²) in [4.78, 5) is 21.5. The fraction of sp³-hybridized carbons (Fsp3) is 0.263. The summed E-state index contributed by atoms with van der Waals surface area (Å²) in [6.07, 6.45) is 6.48. The van der Waals surface area contributed by atoms with Crippen molar-refractivity contribution in [3.63, 3.8) is 0 Å². The van der Waals surface area contributed by atoms with E-state index in [0.717, 1.165) is 38.0 Å². The highest BCUT2D eigenvalue weighted by Crippen LogP contribution is 2.22. The molecule has 0 saturated carbocycles. The Morgan fingerprint density at radius 3 is 2.56 bits per heavy atom. The lowest BCUT2D eigenvalue weighted by Gasteiger charge is -2.12. The lowest BCUT2D eigenvalue weighted by molar-refractivity contribution is -0.116. The van der Waals surface area contributed by atoms with Gasteiger partial charge in [-0.1, -0.05) is 23.9 Å². The second kappa shape index (κ2) is 8.67. The maximum atomic E-state index is 12.5. The number of benzene rings is 1. The van der Waals surface area contributed by atoms with Crippen molar-refractivity contribution in [2.75, 3.05) is 11.6 Å². The quantitative estimate of drug-likeness (QED) is 0.451. The number of aromatic nitrogens is 4. The molecule has 2 aromatic heterocycles. The van der Waals surface area contributed by atoms with Gasteiger partial charge in [-0.25, -0.2) is 14.6 Å². The van der Waals surface area contributed by atoms with E-state index in [1.165, 1.54) is 11.8 Å². The minimum atomic E-state index is -0.0542. The van der Waals surface area contributed by atoms with Crippen LogP contribution in [-0.2, 0) is 11.2 Å². The van der Waals surface area contributed by atoms with Crippen LogP contribution in [0.3, 0.4) is 0 Å². The molecule has 140 valence electrons. The number of anilines is 1. The molecule has 1 N–H and O–H groups in total. The Hall–Kier alpha value is -2.19. The lowest BCUT2D eigenvalue weighted by atomic mass is 10.1. The Balaban J connectivity index is 1.71. The summed E-state index contributed by atoms with van der Waals surface area (Å²) < 4.78 is 2.60. The van der Waals surface area contributed by atoms with Gasteiger partial charge in [0, 0.05) is 24.0 Å². The van der Waals surface area contributed by atoms with E-state index < -0.39 is 0 Å². The molecule has 3 aromatic rings. The van der Waals surface area contributed by atoms with E-state index in [2.05, 4.69) is 36.3 Å². The molecule has 3 rings (SSSR count). The number of nitrogens with zero attached hydrogens (tertiary/aromatic N) is 4. The topological polar surface area (TPSA) is 72.7 Å². The van der Waals surface area contributed by atoms with Gasteiger partial charge in [0.25, 0.3) is 0 Å². The number of hydrogen-bond donors (Lipinski definition) is 1. The fourth-order valence-corrected chi connectivity index (χ4v) is 3.57. The summed E-state index contributed by atoms with van der Waals surface area (Å²) in [5, 5.41) is 8.04. The predicted molar refractivity (Wildman–Crippen MR) is 112 cm³/mol. The summed E-state index contributed by atoms with van der Waals surface area (Å²) in [5.41, 5.74) is 4.44. The highest BCUT2D eigenvalue weighted by Gasteiger charge is 2.13.